The van der Waals surface area contributed by atoms with Crippen molar-refractivity contribution in [2.45, 2.75) is 13.0 Å². The number of hydrogen-bond acceptors (Lipinski definition) is 3. The van der Waals surface area contributed by atoms with Crippen LogP contribution in [-0.4, -0.2) is 25.0 Å². The second kappa shape index (κ2) is 7.23. The van der Waals surface area contributed by atoms with Gasteiger partial charge in [0.25, 0.3) is 5.91 Å². The number of halogens is 1. The zero-order chi connectivity index (χ0) is 16.9. The van der Waals surface area contributed by atoms with Crippen LogP contribution in [0.4, 0.5) is 15.8 Å². The van der Waals surface area contributed by atoms with Gasteiger partial charge >= 0.3 is 0 Å². The van der Waals surface area contributed by atoms with Crippen LogP contribution in [0.2, 0.25) is 0 Å². The van der Waals surface area contributed by atoms with Gasteiger partial charge in [-0.1, -0.05) is 30.3 Å². The van der Waals surface area contributed by atoms with Gasteiger partial charge in [0.05, 0.1) is 18.0 Å². The Balaban J connectivity index is 1.69. The molecule has 2 aromatic rings. The van der Waals surface area contributed by atoms with Crippen molar-refractivity contribution < 1.29 is 18.7 Å². The molecule has 0 bridgehead atoms. The fraction of sp³-hybridized carbons (Fsp3) is 0.222. The molecular weight excluding hydrogens is 311 g/mol. The fourth-order valence-electron chi connectivity index (χ4n) is 2.56. The highest BCUT2D eigenvalue weighted by atomic mass is 19.1. The summed E-state index contributed by atoms with van der Waals surface area (Å²) in [6.45, 7) is 0.450. The first kappa shape index (κ1) is 16.1. The summed E-state index contributed by atoms with van der Waals surface area (Å²) >= 11 is 0. The Bertz CT molecular complexity index is 749. The van der Waals surface area contributed by atoms with Crippen LogP contribution in [0.5, 0.6) is 0 Å². The predicted octanol–water partition coefficient (Wildman–Crippen LogP) is 2.72. The van der Waals surface area contributed by atoms with Crippen molar-refractivity contribution in [3.05, 3.63) is 59.9 Å². The van der Waals surface area contributed by atoms with E-state index in [0.29, 0.717) is 18.0 Å². The SMILES string of the molecule is O=C1CCN(C(=O)COCc2ccccc2)c2ccc(F)cc2N1. The number of fused-ring (bicyclic) bond motifs is 1. The molecule has 0 fully saturated rings. The Morgan fingerprint density at radius 3 is 2.79 bits per heavy atom. The lowest BCUT2D eigenvalue weighted by molar-refractivity contribution is -0.123. The van der Waals surface area contributed by atoms with Crippen LogP contribution in [0, 0.1) is 5.82 Å². The van der Waals surface area contributed by atoms with Crippen molar-refractivity contribution in [2.75, 3.05) is 23.4 Å². The Labute approximate surface area is 139 Å². The smallest absolute Gasteiger partial charge is 0.253 e. The number of hydrogen-bond donors (Lipinski definition) is 1. The van der Waals surface area contributed by atoms with E-state index in [4.69, 9.17) is 4.74 Å². The molecular formula is C18H17FN2O3. The highest BCUT2D eigenvalue weighted by Crippen LogP contribution is 2.29. The molecule has 0 unspecified atom stereocenters. The van der Waals surface area contributed by atoms with E-state index in [1.54, 1.807) is 0 Å². The lowest BCUT2D eigenvalue weighted by Crippen LogP contribution is -2.34. The normalized spacial score (nSPS) is 13.9. The van der Waals surface area contributed by atoms with Crippen LogP contribution in [0.1, 0.15) is 12.0 Å². The number of amides is 2. The van der Waals surface area contributed by atoms with E-state index in [1.807, 2.05) is 30.3 Å². The largest absolute Gasteiger partial charge is 0.367 e. The number of carbonyl (C=O) groups excluding carboxylic acids is 2. The fourth-order valence-corrected chi connectivity index (χ4v) is 2.56. The summed E-state index contributed by atoms with van der Waals surface area (Å²) in [7, 11) is 0. The maximum absolute atomic E-state index is 13.4. The maximum atomic E-state index is 13.4. The molecule has 0 saturated carbocycles. The van der Waals surface area contributed by atoms with Crippen molar-refractivity contribution in [3.8, 4) is 0 Å². The molecule has 1 N–H and O–H groups in total. The number of nitrogens with one attached hydrogen (secondary N) is 1. The molecule has 5 nitrogen and oxygen atoms in total. The summed E-state index contributed by atoms with van der Waals surface area (Å²) in [5, 5.41) is 2.62. The van der Waals surface area contributed by atoms with Crippen molar-refractivity contribution >= 4 is 23.2 Å². The number of anilines is 2. The third-order valence-corrected chi connectivity index (χ3v) is 3.72. The molecule has 0 aliphatic carbocycles. The van der Waals surface area contributed by atoms with Crippen LogP contribution >= 0.6 is 0 Å². The van der Waals surface area contributed by atoms with Gasteiger partial charge in [-0.3, -0.25) is 9.59 Å². The third kappa shape index (κ3) is 3.78. The average Bonchev–Trinajstić information content (AvgIpc) is 2.73. The molecule has 1 heterocycles. The number of carbonyl (C=O) groups is 2. The molecule has 0 atom stereocenters. The second-order valence-corrected chi connectivity index (χ2v) is 5.48. The first-order valence-corrected chi connectivity index (χ1v) is 7.65. The van der Waals surface area contributed by atoms with E-state index < -0.39 is 5.82 Å². The highest BCUT2D eigenvalue weighted by molar-refractivity contribution is 6.04. The monoisotopic (exact) mass is 328 g/mol. The molecule has 1 aliphatic rings. The molecule has 1 aliphatic heterocycles. The van der Waals surface area contributed by atoms with Crippen molar-refractivity contribution in [1.82, 2.24) is 0 Å². The summed E-state index contributed by atoms with van der Waals surface area (Å²) < 4.78 is 18.9. The summed E-state index contributed by atoms with van der Waals surface area (Å²) in [6, 6.07) is 13.5. The molecule has 2 amide bonds. The number of ether oxygens (including phenoxy) is 1. The van der Waals surface area contributed by atoms with Gasteiger partial charge in [-0.25, -0.2) is 4.39 Å². The van der Waals surface area contributed by atoms with Crippen molar-refractivity contribution in [2.24, 2.45) is 0 Å². The van der Waals surface area contributed by atoms with Gasteiger partial charge in [-0.15, -0.1) is 0 Å². The van der Waals surface area contributed by atoms with Gasteiger partial charge in [-0.2, -0.15) is 0 Å². The minimum atomic E-state index is -0.469. The Kier molecular flexibility index (Phi) is 4.86. The topological polar surface area (TPSA) is 58.6 Å². The molecule has 0 saturated heterocycles. The van der Waals surface area contributed by atoms with Gasteiger partial charge in [0, 0.05) is 13.0 Å². The second-order valence-electron chi connectivity index (χ2n) is 5.48. The lowest BCUT2D eigenvalue weighted by atomic mass is 10.2. The molecule has 0 spiro atoms. The van der Waals surface area contributed by atoms with Gasteiger partial charge in [-0.05, 0) is 23.8 Å². The van der Waals surface area contributed by atoms with E-state index in [0.717, 1.165) is 5.56 Å². The van der Waals surface area contributed by atoms with E-state index >= 15 is 0 Å². The maximum Gasteiger partial charge on any atom is 0.253 e. The van der Waals surface area contributed by atoms with E-state index in [2.05, 4.69) is 5.32 Å². The number of rotatable bonds is 4. The van der Waals surface area contributed by atoms with E-state index in [9.17, 15) is 14.0 Å². The molecule has 2 aromatic carbocycles. The zero-order valence-corrected chi connectivity index (χ0v) is 13.0. The van der Waals surface area contributed by atoms with E-state index in [1.165, 1.54) is 23.1 Å². The van der Waals surface area contributed by atoms with Crippen LogP contribution in [-0.2, 0) is 20.9 Å². The Morgan fingerprint density at radius 1 is 1.21 bits per heavy atom. The van der Waals surface area contributed by atoms with Gasteiger partial charge in [0.15, 0.2) is 0 Å². The quantitative estimate of drug-likeness (QED) is 0.939. The molecule has 0 radical (unpaired) electrons. The molecule has 0 aromatic heterocycles. The lowest BCUT2D eigenvalue weighted by Gasteiger charge is -2.22. The van der Waals surface area contributed by atoms with Crippen LogP contribution in [0.25, 0.3) is 0 Å². The van der Waals surface area contributed by atoms with Gasteiger partial charge in [0.2, 0.25) is 5.91 Å². The standard InChI is InChI=1S/C18H17FN2O3/c19-14-6-7-16-15(10-14)20-17(22)8-9-21(16)18(23)12-24-11-13-4-2-1-3-5-13/h1-7,10H,8-9,11-12H2,(H,20,22). The first-order valence-electron chi connectivity index (χ1n) is 7.65. The van der Waals surface area contributed by atoms with Gasteiger partial charge in [0.1, 0.15) is 12.4 Å². The first-order chi connectivity index (χ1) is 11.6. The van der Waals surface area contributed by atoms with Crippen molar-refractivity contribution in [1.29, 1.82) is 0 Å². The summed E-state index contributed by atoms with van der Waals surface area (Å²) in [5.74, 6) is -0.985. The summed E-state index contributed by atoms with van der Waals surface area (Å²) in [5.41, 5.74) is 1.75. The Morgan fingerprint density at radius 2 is 2.00 bits per heavy atom. The molecule has 6 heteroatoms. The molecule has 3 rings (SSSR count). The van der Waals surface area contributed by atoms with Crippen LogP contribution < -0.4 is 10.2 Å². The predicted molar refractivity (Wildman–Crippen MR) is 88.1 cm³/mol. The summed E-state index contributed by atoms with van der Waals surface area (Å²) in [4.78, 5) is 25.6. The van der Waals surface area contributed by atoms with Gasteiger partial charge < -0.3 is 15.0 Å². The third-order valence-electron chi connectivity index (χ3n) is 3.72. The minimum absolute atomic E-state index is 0.111. The van der Waals surface area contributed by atoms with E-state index in [-0.39, 0.29) is 31.4 Å². The minimum Gasteiger partial charge on any atom is -0.367 e. The average molecular weight is 328 g/mol. The highest BCUT2D eigenvalue weighted by Gasteiger charge is 2.24. The Hall–Kier alpha value is -2.73. The zero-order valence-electron chi connectivity index (χ0n) is 13.0. The van der Waals surface area contributed by atoms with Crippen LogP contribution in [0.15, 0.2) is 48.5 Å². The number of benzene rings is 2. The molecule has 124 valence electrons. The van der Waals surface area contributed by atoms with Crippen LogP contribution in [0.3, 0.4) is 0 Å². The number of nitrogens with zero attached hydrogens (tertiary/aromatic N) is 1. The van der Waals surface area contributed by atoms with Crippen molar-refractivity contribution in [3.63, 3.8) is 0 Å². The summed E-state index contributed by atoms with van der Waals surface area (Å²) in [6.07, 6.45) is 0.153. The molecule has 24 heavy (non-hydrogen) atoms.